The number of aromatic amines is 1. The summed E-state index contributed by atoms with van der Waals surface area (Å²) >= 11 is 0. The second kappa shape index (κ2) is 4.88. The summed E-state index contributed by atoms with van der Waals surface area (Å²) in [6, 6.07) is 8.42. The van der Waals surface area contributed by atoms with Crippen LogP contribution >= 0.6 is 0 Å². The molecule has 2 aromatic rings. The number of nitrogens with one attached hydrogen (secondary N) is 2. The second-order valence-corrected chi connectivity index (χ2v) is 4.86. The fourth-order valence-electron chi connectivity index (χ4n) is 2.22. The Morgan fingerprint density at radius 3 is 2.84 bits per heavy atom. The zero-order valence-electron chi connectivity index (χ0n) is 10.4. The van der Waals surface area contributed by atoms with Gasteiger partial charge in [-0.05, 0) is 36.5 Å². The molecule has 1 amide bonds. The molecular weight excluding hydrogens is 243 g/mol. The number of rotatable bonds is 4. The third kappa shape index (κ3) is 2.52. The highest BCUT2D eigenvalue weighted by Crippen LogP contribution is 2.41. The summed E-state index contributed by atoms with van der Waals surface area (Å²) in [6.45, 7) is 0.203. The van der Waals surface area contributed by atoms with Gasteiger partial charge >= 0.3 is 0 Å². The van der Waals surface area contributed by atoms with Gasteiger partial charge in [-0.15, -0.1) is 0 Å². The van der Waals surface area contributed by atoms with Crippen LogP contribution in [0.2, 0.25) is 0 Å². The first-order valence-electron chi connectivity index (χ1n) is 6.44. The van der Waals surface area contributed by atoms with Crippen molar-refractivity contribution in [3.63, 3.8) is 0 Å². The van der Waals surface area contributed by atoms with Crippen LogP contribution in [0.3, 0.4) is 0 Å². The first-order valence-corrected chi connectivity index (χ1v) is 6.44. The van der Waals surface area contributed by atoms with E-state index in [1.165, 1.54) is 6.07 Å². The molecule has 19 heavy (non-hydrogen) atoms. The SMILES string of the molecule is O=C(NCc1ccccc1F)c1[nH]ccc1C1CC1. The van der Waals surface area contributed by atoms with E-state index >= 15 is 0 Å². The average molecular weight is 258 g/mol. The minimum absolute atomic E-state index is 0.171. The van der Waals surface area contributed by atoms with Crippen molar-refractivity contribution < 1.29 is 9.18 Å². The van der Waals surface area contributed by atoms with Crippen molar-refractivity contribution in [3.8, 4) is 0 Å². The normalized spacial score (nSPS) is 14.4. The van der Waals surface area contributed by atoms with Crippen LogP contribution in [0.1, 0.15) is 40.4 Å². The number of hydrogen-bond donors (Lipinski definition) is 2. The van der Waals surface area contributed by atoms with Crippen molar-refractivity contribution >= 4 is 5.91 Å². The Morgan fingerprint density at radius 2 is 2.11 bits per heavy atom. The van der Waals surface area contributed by atoms with Gasteiger partial charge in [-0.25, -0.2) is 4.39 Å². The van der Waals surface area contributed by atoms with E-state index in [0.29, 0.717) is 17.2 Å². The van der Waals surface area contributed by atoms with Gasteiger partial charge in [-0.2, -0.15) is 0 Å². The van der Waals surface area contributed by atoms with Gasteiger partial charge in [0.15, 0.2) is 0 Å². The van der Waals surface area contributed by atoms with E-state index in [-0.39, 0.29) is 18.3 Å². The van der Waals surface area contributed by atoms with Crippen molar-refractivity contribution in [3.05, 3.63) is 59.2 Å². The molecule has 1 aromatic carbocycles. The van der Waals surface area contributed by atoms with Crippen LogP contribution in [0.5, 0.6) is 0 Å². The third-order valence-corrected chi connectivity index (χ3v) is 3.42. The van der Waals surface area contributed by atoms with Crippen LogP contribution in [0, 0.1) is 5.82 Å². The molecule has 1 aromatic heterocycles. The van der Waals surface area contributed by atoms with Gasteiger partial charge in [0, 0.05) is 18.3 Å². The standard InChI is InChI=1S/C15H15FN2O/c16-13-4-2-1-3-11(13)9-18-15(19)14-12(7-8-17-14)10-5-6-10/h1-4,7-8,10,17H,5-6,9H2,(H,18,19). The summed E-state index contributed by atoms with van der Waals surface area (Å²) in [6.07, 6.45) is 4.07. The van der Waals surface area contributed by atoms with E-state index in [0.717, 1.165) is 18.4 Å². The molecular formula is C15H15FN2O. The van der Waals surface area contributed by atoms with Gasteiger partial charge in [-0.3, -0.25) is 4.79 Å². The van der Waals surface area contributed by atoms with Gasteiger partial charge in [0.05, 0.1) is 0 Å². The molecule has 2 N–H and O–H groups in total. The van der Waals surface area contributed by atoms with E-state index in [1.54, 1.807) is 24.4 Å². The zero-order valence-corrected chi connectivity index (χ0v) is 10.4. The summed E-state index contributed by atoms with van der Waals surface area (Å²) in [4.78, 5) is 15.1. The summed E-state index contributed by atoms with van der Waals surface area (Å²) in [7, 11) is 0. The molecule has 1 fully saturated rings. The lowest BCUT2D eigenvalue weighted by molar-refractivity contribution is 0.0945. The Labute approximate surface area is 110 Å². The number of aromatic nitrogens is 1. The van der Waals surface area contributed by atoms with Crippen molar-refractivity contribution in [1.82, 2.24) is 10.3 Å². The topological polar surface area (TPSA) is 44.9 Å². The molecule has 1 heterocycles. The Hall–Kier alpha value is -2.10. The van der Waals surface area contributed by atoms with Gasteiger partial charge < -0.3 is 10.3 Å². The maximum Gasteiger partial charge on any atom is 0.268 e. The number of carbonyl (C=O) groups excluding carboxylic acids is 1. The monoisotopic (exact) mass is 258 g/mol. The second-order valence-electron chi connectivity index (χ2n) is 4.86. The van der Waals surface area contributed by atoms with E-state index < -0.39 is 0 Å². The van der Waals surface area contributed by atoms with Crippen LogP contribution in [-0.4, -0.2) is 10.9 Å². The minimum Gasteiger partial charge on any atom is -0.357 e. The van der Waals surface area contributed by atoms with Crippen LogP contribution in [0.4, 0.5) is 4.39 Å². The van der Waals surface area contributed by atoms with E-state index in [9.17, 15) is 9.18 Å². The Balaban J connectivity index is 1.68. The molecule has 0 spiro atoms. The first-order chi connectivity index (χ1) is 9.25. The molecule has 0 radical (unpaired) electrons. The maximum atomic E-state index is 13.4. The van der Waals surface area contributed by atoms with E-state index in [2.05, 4.69) is 10.3 Å². The molecule has 0 aliphatic heterocycles. The number of hydrogen-bond acceptors (Lipinski definition) is 1. The highest BCUT2D eigenvalue weighted by molar-refractivity contribution is 5.94. The van der Waals surface area contributed by atoms with Crippen molar-refractivity contribution in [1.29, 1.82) is 0 Å². The number of H-pyrrole nitrogens is 1. The van der Waals surface area contributed by atoms with Crippen LogP contribution in [0.25, 0.3) is 0 Å². The van der Waals surface area contributed by atoms with Crippen molar-refractivity contribution in [2.45, 2.75) is 25.3 Å². The number of amides is 1. The molecule has 0 saturated heterocycles. The Bertz CT molecular complexity index is 602. The quantitative estimate of drug-likeness (QED) is 0.870. The molecule has 0 bridgehead atoms. The molecule has 0 unspecified atom stereocenters. The summed E-state index contributed by atoms with van der Waals surface area (Å²) in [5.74, 6) is 0.0484. The van der Waals surface area contributed by atoms with Crippen LogP contribution in [0.15, 0.2) is 36.5 Å². The largest absolute Gasteiger partial charge is 0.357 e. The van der Waals surface area contributed by atoms with Crippen LogP contribution in [-0.2, 0) is 6.54 Å². The average Bonchev–Trinajstić information content (AvgIpc) is 3.15. The van der Waals surface area contributed by atoms with Gasteiger partial charge in [0.1, 0.15) is 11.5 Å². The number of halogens is 1. The first kappa shape index (κ1) is 12.0. The van der Waals surface area contributed by atoms with Gasteiger partial charge in [-0.1, -0.05) is 18.2 Å². The lowest BCUT2D eigenvalue weighted by Crippen LogP contribution is -2.24. The fourth-order valence-corrected chi connectivity index (χ4v) is 2.22. The molecule has 3 rings (SSSR count). The highest BCUT2D eigenvalue weighted by atomic mass is 19.1. The Morgan fingerprint density at radius 1 is 1.32 bits per heavy atom. The van der Waals surface area contributed by atoms with Gasteiger partial charge in [0.25, 0.3) is 5.91 Å². The predicted molar refractivity (Wildman–Crippen MR) is 70.3 cm³/mol. The third-order valence-electron chi connectivity index (χ3n) is 3.42. The molecule has 3 nitrogen and oxygen atoms in total. The fraction of sp³-hybridized carbons (Fsp3) is 0.267. The predicted octanol–water partition coefficient (Wildman–Crippen LogP) is 2.96. The van der Waals surface area contributed by atoms with Gasteiger partial charge in [0.2, 0.25) is 0 Å². The maximum absolute atomic E-state index is 13.4. The molecule has 1 saturated carbocycles. The smallest absolute Gasteiger partial charge is 0.268 e. The highest BCUT2D eigenvalue weighted by Gasteiger charge is 2.28. The minimum atomic E-state index is -0.295. The van der Waals surface area contributed by atoms with Crippen molar-refractivity contribution in [2.75, 3.05) is 0 Å². The zero-order chi connectivity index (χ0) is 13.2. The molecule has 4 heteroatoms. The lowest BCUT2D eigenvalue weighted by atomic mass is 10.1. The molecule has 1 aliphatic rings. The molecule has 0 atom stereocenters. The lowest BCUT2D eigenvalue weighted by Gasteiger charge is -2.06. The Kier molecular flexibility index (Phi) is 3.07. The summed E-state index contributed by atoms with van der Waals surface area (Å²) in [5.41, 5.74) is 2.18. The number of benzene rings is 1. The summed E-state index contributed by atoms with van der Waals surface area (Å²) in [5, 5.41) is 2.76. The molecule has 1 aliphatic carbocycles. The van der Waals surface area contributed by atoms with E-state index in [1.807, 2.05) is 6.07 Å². The summed E-state index contributed by atoms with van der Waals surface area (Å²) < 4.78 is 13.4. The van der Waals surface area contributed by atoms with Crippen molar-refractivity contribution in [2.24, 2.45) is 0 Å². The van der Waals surface area contributed by atoms with Crippen LogP contribution < -0.4 is 5.32 Å². The number of carbonyl (C=O) groups is 1. The van der Waals surface area contributed by atoms with E-state index in [4.69, 9.17) is 0 Å². The molecule has 98 valence electrons.